The lowest BCUT2D eigenvalue weighted by Crippen LogP contribution is -1.98. The van der Waals surface area contributed by atoms with Gasteiger partial charge < -0.3 is 18.9 Å². The third kappa shape index (κ3) is 3.67. The first-order valence-corrected chi connectivity index (χ1v) is 8.62. The Morgan fingerprint density at radius 2 is 1.63 bits per heavy atom. The summed E-state index contributed by atoms with van der Waals surface area (Å²) in [4.78, 5) is 11.7. The van der Waals surface area contributed by atoms with E-state index in [-0.39, 0.29) is 5.97 Å². The van der Waals surface area contributed by atoms with Gasteiger partial charge in [-0.1, -0.05) is 6.07 Å². The summed E-state index contributed by atoms with van der Waals surface area (Å²) in [6, 6.07) is 11.8. The molecule has 3 aromatic rings. The molecular formula is C22H22O5. The molecule has 3 rings (SSSR count). The van der Waals surface area contributed by atoms with Crippen molar-refractivity contribution in [1.29, 1.82) is 0 Å². The Morgan fingerprint density at radius 3 is 2.30 bits per heavy atom. The number of hydrogen-bond donors (Lipinski definition) is 0. The minimum absolute atomic E-state index is 0.343. The van der Waals surface area contributed by atoms with Gasteiger partial charge in [0.2, 0.25) is 0 Å². The summed E-state index contributed by atoms with van der Waals surface area (Å²) in [5, 5.41) is 3.97. The van der Waals surface area contributed by atoms with Crippen LogP contribution >= 0.6 is 0 Å². The summed E-state index contributed by atoms with van der Waals surface area (Å²) in [5.74, 6) is 1.69. The minimum Gasteiger partial charge on any atom is -0.497 e. The zero-order valence-electron chi connectivity index (χ0n) is 15.9. The van der Waals surface area contributed by atoms with Crippen molar-refractivity contribution in [2.75, 3.05) is 27.9 Å². The molecule has 27 heavy (non-hydrogen) atoms. The van der Waals surface area contributed by atoms with Crippen LogP contribution in [0.2, 0.25) is 0 Å². The van der Waals surface area contributed by atoms with Gasteiger partial charge >= 0.3 is 5.97 Å². The Bertz CT molecular complexity index is 1020. The third-order valence-electron chi connectivity index (χ3n) is 4.38. The van der Waals surface area contributed by atoms with E-state index >= 15 is 0 Å². The third-order valence-corrected chi connectivity index (χ3v) is 4.38. The van der Waals surface area contributed by atoms with Gasteiger partial charge in [-0.05, 0) is 70.4 Å². The molecule has 0 saturated heterocycles. The molecule has 0 saturated carbocycles. The summed E-state index contributed by atoms with van der Waals surface area (Å²) in [5.41, 5.74) is 0.903. The predicted octanol–water partition coefficient (Wildman–Crippen LogP) is 4.60. The zero-order chi connectivity index (χ0) is 19.4. The molecule has 5 heteroatoms. The lowest BCUT2D eigenvalue weighted by Gasteiger charge is -2.13. The standard InChI is InChI=1S/C22H22O5/c1-5-27-22(23)9-6-14-10-15-11-20(25-3)21(26-4)13-18(15)19-12-16(24-2)7-8-17(14)19/h6-13H,5H2,1-4H3/b9-6+. The van der Waals surface area contributed by atoms with Crippen molar-refractivity contribution >= 4 is 33.6 Å². The highest BCUT2D eigenvalue weighted by molar-refractivity contribution is 6.12. The van der Waals surface area contributed by atoms with Crippen molar-refractivity contribution in [2.24, 2.45) is 0 Å². The molecule has 0 heterocycles. The van der Waals surface area contributed by atoms with E-state index in [4.69, 9.17) is 18.9 Å². The Labute approximate surface area is 158 Å². The van der Waals surface area contributed by atoms with Crippen LogP contribution in [0.4, 0.5) is 0 Å². The number of hydrogen-bond acceptors (Lipinski definition) is 5. The van der Waals surface area contributed by atoms with Gasteiger partial charge in [-0.25, -0.2) is 4.79 Å². The molecule has 0 N–H and O–H groups in total. The normalized spacial score (nSPS) is 11.1. The first-order valence-electron chi connectivity index (χ1n) is 8.62. The van der Waals surface area contributed by atoms with Crippen LogP contribution in [-0.4, -0.2) is 33.9 Å². The smallest absolute Gasteiger partial charge is 0.330 e. The fraction of sp³-hybridized carbons (Fsp3) is 0.227. The fourth-order valence-electron chi connectivity index (χ4n) is 3.10. The van der Waals surface area contributed by atoms with Gasteiger partial charge in [-0.3, -0.25) is 0 Å². The molecule has 140 valence electrons. The van der Waals surface area contributed by atoms with Crippen LogP contribution in [0.15, 0.2) is 42.5 Å². The summed E-state index contributed by atoms with van der Waals surface area (Å²) in [6.45, 7) is 2.12. The van der Waals surface area contributed by atoms with Crippen molar-refractivity contribution in [1.82, 2.24) is 0 Å². The Morgan fingerprint density at radius 1 is 0.889 bits per heavy atom. The van der Waals surface area contributed by atoms with Crippen LogP contribution in [-0.2, 0) is 9.53 Å². The van der Waals surface area contributed by atoms with E-state index in [0.29, 0.717) is 18.1 Å². The van der Waals surface area contributed by atoms with Crippen LogP contribution < -0.4 is 14.2 Å². The molecule has 0 unspecified atom stereocenters. The SMILES string of the molecule is CCOC(=O)/C=C/c1cc2cc(OC)c(OC)cc2c2cc(OC)ccc12. The number of carbonyl (C=O) groups excluding carboxylic acids is 1. The maximum atomic E-state index is 11.7. The number of ether oxygens (including phenoxy) is 4. The van der Waals surface area contributed by atoms with Gasteiger partial charge in [0.1, 0.15) is 5.75 Å². The lowest BCUT2D eigenvalue weighted by molar-refractivity contribution is -0.137. The molecule has 0 amide bonds. The zero-order valence-corrected chi connectivity index (χ0v) is 15.9. The van der Waals surface area contributed by atoms with Crippen molar-refractivity contribution in [3.8, 4) is 17.2 Å². The van der Waals surface area contributed by atoms with E-state index in [2.05, 4.69) is 0 Å². The highest BCUT2D eigenvalue weighted by atomic mass is 16.5. The van der Waals surface area contributed by atoms with Crippen molar-refractivity contribution < 1.29 is 23.7 Å². The quantitative estimate of drug-likeness (QED) is 0.363. The maximum absolute atomic E-state index is 11.7. The second kappa shape index (κ2) is 7.99. The monoisotopic (exact) mass is 366 g/mol. The van der Waals surface area contributed by atoms with Gasteiger partial charge in [-0.15, -0.1) is 0 Å². The molecule has 0 aliphatic rings. The molecule has 0 aliphatic heterocycles. The van der Waals surface area contributed by atoms with Crippen LogP contribution in [0.1, 0.15) is 12.5 Å². The Kier molecular flexibility index (Phi) is 5.50. The van der Waals surface area contributed by atoms with E-state index in [0.717, 1.165) is 32.9 Å². The number of fused-ring (bicyclic) bond motifs is 3. The number of rotatable bonds is 6. The van der Waals surface area contributed by atoms with Crippen molar-refractivity contribution in [3.05, 3.63) is 48.0 Å². The molecule has 0 radical (unpaired) electrons. The molecule has 0 atom stereocenters. The van der Waals surface area contributed by atoms with Gasteiger partial charge in [0.05, 0.1) is 27.9 Å². The van der Waals surface area contributed by atoms with Gasteiger partial charge in [0.25, 0.3) is 0 Å². The highest BCUT2D eigenvalue weighted by Gasteiger charge is 2.12. The van der Waals surface area contributed by atoms with Crippen molar-refractivity contribution in [2.45, 2.75) is 6.92 Å². The van der Waals surface area contributed by atoms with Crippen LogP contribution in [0.5, 0.6) is 17.2 Å². The van der Waals surface area contributed by atoms with Crippen molar-refractivity contribution in [3.63, 3.8) is 0 Å². The topological polar surface area (TPSA) is 54.0 Å². The van der Waals surface area contributed by atoms with E-state index in [1.807, 2.05) is 36.4 Å². The van der Waals surface area contributed by atoms with Gasteiger partial charge in [0.15, 0.2) is 11.5 Å². The number of methoxy groups -OCH3 is 3. The number of esters is 1. The molecule has 5 nitrogen and oxygen atoms in total. The molecule has 0 fully saturated rings. The van der Waals surface area contributed by atoms with Crippen LogP contribution in [0, 0.1) is 0 Å². The van der Waals surface area contributed by atoms with Crippen LogP contribution in [0.3, 0.4) is 0 Å². The lowest BCUT2D eigenvalue weighted by atomic mass is 9.96. The summed E-state index contributed by atoms with van der Waals surface area (Å²) < 4.78 is 21.3. The largest absolute Gasteiger partial charge is 0.497 e. The molecule has 0 aliphatic carbocycles. The highest BCUT2D eigenvalue weighted by Crippen LogP contribution is 2.38. The molecule has 0 spiro atoms. The maximum Gasteiger partial charge on any atom is 0.330 e. The fourth-order valence-corrected chi connectivity index (χ4v) is 3.10. The first-order chi connectivity index (χ1) is 13.1. The second-order valence-corrected chi connectivity index (χ2v) is 5.89. The number of carbonyl (C=O) groups is 1. The van der Waals surface area contributed by atoms with Crippen LogP contribution in [0.25, 0.3) is 27.6 Å². The molecule has 0 bridgehead atoms. The van der Waals surface area contributed by atoms with Gasteiger partial charge in [0, 0.05) is 6.08 Å². The molecular weight excluding hydrogens is 344 g/mol. The van der Waals surface area contributed by atoms with E-state index < -0.39 is 0 Å². The Hall–Kier alpha value is -3.21. The summed E-state index contributed by atoms with van der Waals surface area (Å²) in [6.07, 6.45) is 3.21. The Balaban J connectivity index is 2.29. The summed E-state index contributed by atoms with van der Waals surface area (Å²) in [7, 11) is 4.86. The average Bonchev–Trinajstić information content (AvgIpc) is 2.70. The van der Waals surface area contributed by atoms with E-state index in [1.165, 1.54) is 6.08 Å². The average molecular weight is 366 g/mol. The molecule has 0 aromatic heterocycles. The molecule has 3 aromatic carbocycles. The summed E-state index contributed by atoms with van der Waals surface area (Å²) >= 11 is 0. The minimum atomic E-state index is -0.369. The second-order valence-electron chi connectivity index (χ2n) is 5.89. The van der Waals surface area contributed by atoms with E-state index in [1.54, 1.807) is 34.3 Å². The van der Waals surface area contributed by atoms with E-state index in [9.17, 15) is 4.79 Å². The van der Waals surface area contributed by atoms with Gasteiger partial charge in [-0.2, -0.15) is 0 Å². The predicted molar refractivity (Wildman–Crippen MR) is 107 cm³/mol. The first kappa shape index (κ1) is 18.6. The number of benzene rings is 3.